The third-order valence-corrected chi connectivity index (χ3v) is 7.13. The number of anilines is 3. The number of benzene rings is 1. The first-order chi connectivity index (χ1) is 17.0. The van der Waals surface area contributed by atoms with Crippen molar-refractivity contribution in [3.63, 3.8) is 0 Å². The monoisotopic (exact) mass is 498 g/mol. The molecule has 9 nitrogen and oxygen atoms in total. The maximum absolute atomic E-state index is 14.8. The molecule has 2 aliphatic rings. The first kappa shape index (κ1) is 26.0. The van der Waals surface area contributed by atoms with Crippen LogP contribution < -0.4 is 20.4 Å². The Labute approximate surface area is 212 Å². The van der Waals surface area contributed by atoms with E-state index in [1.54, 1.807) is 7.05 Å². The summed E-state index contributed by atoms with van der Waals surface area (Å²) in [7, 11) is 3.80. The maximum atomic E-state index is 14.8. The van der Waals surface area contributed by atoms with Crippen molar-refractivity contribution in [1.29, 1.82) is 0 Å². The van der Waals surface area contributed by atoms with E-state index in [1.807, 2.05) is 18.2 Å². The largest absolute Gasteiger partial charge is 0.485 e. The number of aromatic amines is 1. The fraction of sp³-hybridized carbons (Fsp3) is 0.538. The van der Waals surface area contributed by atoms with Crippen LogP contribution in [0, 0.1) is 5.82 Å². The number of piperidine rings is 1. The molecule has 3 heterocycles. The van der Waals surface area contributed by atoms with Gasteiger partial charge in [0.05, 0.1) is 13.2 Å². The van der Waals surface area contributed by atoms with Gasteiger partial charge in [-0.3, -0.25) is 9.89 Å². The molecule has 1 aromatic heterocycles. The van der Waals surface area contributed by atoms with Crippen LogP contribution in [-0.2, 0) is 4.74 Å². The maximum Gasteiger partial charge on any atom is 0.396 e. The second-order valence-corrected chi connectivity index (χ2v) is 10.7. The number of aromatic nitrogens is 2. The molecule has 2 saturated heterocycles. The third kappa shape index (κ3) is 5.65. The van der Waals surface area contributed by atoms with E-state index >= 15 is 0 Å². The molecule has 2 fully saturated rings. The molecule has 2 aliphatic heterocycles. The number of nitrogens with zero attached hydrogens (tertiary/aromatic N) is 4. The van der Waals surface area contributed by atoms with E-state index in [0.29, 0.717) is 36.4 Å². The van der Waals surface area contributed by atoms with Gasteiger partial charge in [-0.25, -0.2) is 15.3 Å². The van der Waals surface area contributed by atoms with E-state index in [1.165, 1.54) is 6.20 Å². The van der Waals surface area contributed by atoms with Crippen molar-refractivity contribution >= 4 is 30.0 Å². The Morgan fingerprint density at radius 2 is 1.92 bits per heavy atom. The van der Waals surface area contributed by atoms with Crippen molar-refractivity contribution in [3.8, 4) is 5.75 Å². The number of likely N-dealkylation sites (tertiary alicyclic amines) is 1. The molecule has 1 aromatic carbocycles. The van der Waals surface area contributed by atoms with Gasteiger partial charge in [0.1, 0.15) is 23.7 Å². The minimum absolute atomic E-state index is 0.00107. The number of hydrogen-bond acceptors (Lipinski definition) is 7. The molecule has 10 heteroatoms. The number of H-pyrrole nitrogens is 1. The van der Waals surface area contributed by atoms with Crippen LogP contribution in [0.4, 0.5) is 21.8 Å². The van der Waals surface area contributed by atoms with E-state index < -0.39 is 5.82 Å². The third-order valence-electron chi connectivity index (χ3n) is 7.13. The molecular weight excluding hydrogens is 461 g/mol. The molecule has 0 amide bonds. The zero-order valence-electron chi connectivity index (χ0n) is 22.0. The summed E-state index contributed by atoms with van der Waals surface area (Å²) in [5, 5.41) is 6.59. The van der Waals surface area contributed by atoms with Gasteiger partial charge in [0, 0.05) is 35.8 Å². The lowest BCUT2D eigenvalue weighted by atomic mass is 9.77. The topological polar surface area (TPSA) is 97.5 Å². The van der Waals surface area contributed by atoms with Gasteiger partial charge in [0.25, 0.3) is 0 Å². The van der Waals surface area contributed by atoms with Gasteiger partial charge in [-0.2, -0.15) is 4.39 Å². The summed E-state index contributed by atoms with van der Waals surface area (Å²) in [4.78, 5) is 18.0. The zero-order chi connectivity index (χ0) is 26.1. The Bertz CT molecular complexity index is 1130. The summed E-state index contributed by atoms with van der Waals surface area (Å²) in [6, 6.07) is 5.67. The summed E-state index contributed by atoms with van der Waals surface area (Å²) >= 11 is 0. The molecule has 0 saturated carbocycles. The Kier molecular flexibility index (Phi) is 7.28. The smallest absolute Gasteiger partial charge is 0.396 e. The van der Waals surface area contributed by atoms with E-state index in [-0.39, 0.29) is 29.0 Å². The number of nitrogens with one attached hydrogen (secondary N) is 3. The van der Waals surface area contributed by atoms with Crippen molar-refractivity contribution < 1.29 is 18.8 Å². The summed E-state index contributed by atoms with van der Waals surface area (Å²) < 4.78 is 26.0. The summed E-state index contributed by atoms with van der Waals surface area (Å²) in [6.07, 6.45) is 3.05. The van der Waals surface area contributed by atoms with Gasteiger partial charge in [-0.15, -0.1) is 0 Å². The van der Waals surface area contributed by atoms with Gasteiger partial charge < -0.3 is 14.8 Å². The van der Waals surface area contributed by atoms with Crippen molar-refractivity contribution in [2.24, 2.45) is 9.98 Å². The Morgan fingerprint density at radius 1 is 1.22 bits per heavy atom. The molecule has 0 aliphatic carbocycles. The molecule has 2 aromatic rings. The Morgan fingerprint density at radius 3 is 2.50 bits per heavy atom. The van der Waals surface area contributed by atoms with Crippen molar-refractivity contribution in [1.82, 2.24) is 9.88 Å². The Balaban J connectivity index is 1.57. The van der Waals surface area contributed by atoms with E-state index in [2.05, 4.69) is 76.9 Å². The van der Waals surface area contributed by atoms with Crippen LogP contribution in [0.25, 0.3) is 0 Å². The summed E-state index contributed by atoms with van der Waals surface area (Å²) in [6.45, 7) is 13.6. The second-order valence-electron chi connectivity index (χ2n) is 10.7. The highest BCUT2D eigenvalue weighted by Gasteiger charge is 2.43. The number of aliphatic imine (C=N–C) groups is 2. The highest BCUT2D eigenvalue weighted by molar-refractivity contribution is 6.02. The molecule has 0 atom stereocenters. The average Bonchev–Trinajstić information content (AvgIpc) is 2.77. The van der Waals surface area contributed by atoms with Gasteiger partial charge >= 0.3 is 5.95 Å². The van der Waals surface area contributed by atoms with Gasteiger partial charge in [-0.05, 0) is 66.4 Å². The van der Waals surface area contributed by atoms with E-state index in [0.717, 1.165) is 18.4 Å². The second kappa shape index (κ2) is 10.1. The lowest BCUT2D eigenvalue weighted by Crippen LogP contribution is -2.61. The lowest BCUT2D eigenvalue weighted by molar-refractivity contribution is -0.367. The standard InChI is InChI=1S/C26H36FN7O2/c1-25(2)11-18(12-26(3,4)34(25)7)31-23-21(27)13-30-24(33-23)32-17-8-16(22(28-5)29-6)9-19(10-17)36-20-14-35-15-20/h8-10,13,18,20H,5,11-12,14-15H2,1-4,6-7H3,(H2,30,31,32,33)/p+1. The summed E-state index contributed by atoms with van der Waals surface area (Å²) in [5.41, 5.74) is 1.37. The molecule has 3 N–H and O–H groups in total. The van der Waals surface area contributed by atoms with Crippen LogP contribution in [0.1, 0.15) is 46.1 Å². The van der Waals surface area contributed by atoms with Crippen LogP contribution >= 0.6 is 0 Å². The molecule has 36 heavy (non-hydrogen) atoms. The average molecular weight is 499 g/mol. The molecule has 4 rings (SSSR count). The van der Waals surface area contributed by atoms with Crippen LogP contribution in [0.15, 0.2) is 34.4 Å². The number of halogens is 1. The minimum Gasteiger partial charge on any atom is -0.485 e. The first-order valence-electron chi connectivity index (χ1n) is 12.2. The van der Waals surface area contributed by atoms with Crippen molar-refractivity contribution in [3.05, 3.63) is 35.8 Å². The molecule has 0 radical (unpaired) electrons. The SMILES string of the molecule is C=NC(=NC)c1cc(Nc2nc(NC3CC(C)(C)N(C)C(C)(C)C3)c(F)c[nH+]2)cc(OC2COC2)c1. The summed E-state index contributed by atoms with van der Waals surface area (Å²) in [5.74, 6) is 1.29. The molecule has 0 unspecified atom stereocenters. The number of hydrogen-bond donors (Lipinski definition) is 2. The molecular formula is C26H37FN7O2+. The van der Waals surface area contributed by atoms with E-state index in [9.17, 15) is 4.39 Å². The van der Waals surface area contributed by atoms with Crippen molar-refractivity contribution in [2.75, 3.05) is 37.9 Å². The van der Waals surface area contributed by atoms with Crippen molar-refractivity contribution in [2.45, 2.75) is 63.8 Å². The lowest BCUT2D eigenvalue weighted by Gasteiger charge is -2.53. The fourth-order valence-corrected chi connectivity index (χ4v) is 5.00. The predicted molar refractivity (Wildman–Crippen MR) is 140 cm³/mol. The van der Waals surface area contributed by atoms with Crippen LogP contribution in [0.5, 0.6) is 5.75 Å². The number of rotatable bonds is 7. The Hall–Kier alpha value is -3.11. The van der Waals surface area contributed by atoms with Gasteiger partial charge in [0.15, 0.2) is 5.84 Å². The predicted octanol–water partition coefficient (Wildman–Crippen LogP) is 3.70. The first-order valence-corrected chi connectivity index (χ1v) is 12.2. The van der Waals surface area contributed by atoms with Crippen LogP contribution in [0.2, 0.25) is 0 Å². The fourth-order valence-electron chi connectivity index (χ4n) is 5.00. The van der Waals surface area contributed by atoms with E-state index in [4.69, 9.17) is 9.47 Å². The minimum atomic E-state index is -0.436. The molecule has 0 spiro atoms. The van der Waals surface area contributed by atoms with Crippen LogP contribution in [0.3, 0.4) is 0 Å². The van der Waals surface area contributed by atoms with Gasteiger partial charge in [-0.1, -0.05) is 4.98 Å². The van der Waals surface area contributed by atoms with Gasteiger partial charge in [0.2, 0.25) is 11.6 Å². The molecule has 194 valence electrons. The highest BCUT2D eigenvalue weighted by Crippen LogP contribution is 2.38. The zero-order valence-corrected chi connectivity index (χ0v) is 22.0. The highest BCUT2D eigenvalue weighted by atomic mass is 19.1. The van der Waals surface area contributed by atoms with Crippen LogP contribution in [-0.4, -0.2) is 73.0 Å². The quantitative estimate of drug-likeness (QED) is 0.446. The molecule has 0 bridgehead atoms. The number of amidine groups is 1. The number of ether oxygens (including phenoxy) is 2. The normalized spacial score (nSPS) is 20.5.